The van der Waals surface area contributed by atoms with Crippen LogP contribution in [0.5, 0.6) is 0 Å². The number of hydrogen-bond acceptors (Lipinski definition) is 3. The van der Waals surface area contributed by atoms with Crippen LogP contribution in [-0.4, -0.2) is 33.6 Å². The molecular weight excluding hydrogens is 504 g/mol. The van der Waals surface area contributed by atoms with Crippen molar-refractivity contribution in [1.82, 2.24) is 0 Å². The van der Waals surface area contributed by atoms with Gasteiger partial charge in [-0.05, 0) is 124 Å². The van der Waals surface area contributed by atoms with Crippen LogP contribution in [0.2, 0.25) is 0 Å². The first kappa shape index (κ1) is 33.8. The molecule has 6 rings (SSSR count). The van der Waals surface area contributed by atoms with Crippen LogP contribution in [-0.2, 0) is 0 Å². The third kappa shape index (κ3) is 5.30. The van der Waals surface area contributed by atoms with Crippen molar-refractivity contribution in [3.63, 3.8) is 0 Å². The van der Waals surface area contributed by atoms with Gasteiger partial charge in [0, 0.05) is 0 Å². The first-order chi connectivity index (χ1) is 18.1. The Morgan fingerprint density at radius 3 is 1.32 bits per heavy atom. The molecule has 0 spiro atoms. The lowest BCUT2D eigenvalue weighted by Gasteiger charge is -2.44. The standard InChI is InChI=1S/C19H34O.C18H32O2.CH4/c1-10-14(18(2,3)4)9-11-12-8-13(15(10)11)16(17(12)20)19(5,6)7;1-17(2,3)12-8-9-10-7-11(13(9)16(12)20)15(19)14(10)18(4,5)6;/h10-17,20H,8-9H2,1-7H3;9-16,19-20H,7-8H2,1-6H3;1H4. The SMILES string of the molecule is C.CC(C)(C)C1CC2C3CC(C(O)C3C(C)(C)C)C2C1O.CC1C2C(CC1C(C)(C)C)C1CC2C(C(C)(C)C)C1O. The van der Waals surface area contributed by atoms with Gasteiger partial charge in [-0.3, -0.25) is 0 Å². The summed E-state index contributed by atoms with van der Waals surface area (Å²) in [6.07, 6.45) is 4.54. The van der Waals surface area contributed by atoms with Crippen molar-refractivity contribution < 1.29 is 15.3 Å². The van der Waals surface area contributed by atoms with Gasteiger partial charge in [0.2, 0.25) is 0 Å². The van der Waals surface area contributed by atoms with E-state index in [9.17, 15) is 15.3 Å². The molecule has 0 aromatic heterocycles. The van der Waals surface area contributed by atoms with E-state index in [0.717, 1.165) is 42.4 Å². The fraction of sp³-hybridized carbons (Fsp3) is 1.00. The van der Waals surface area contributed by atoms with Crippen molar-refractivity contribution in [3.8, 4) is 0 Å². The quantitative estimate of drug-likeness (QED) is 0.272. The highest BCUT2D eigenvalue weighted by Crippen LogP contribution is 2.69. The summed E-state index contributed by atoms with van der Waals surface area (Å²) < 4.78 is 0. The lowest BCUT2D eigenvalue weighted by atomic mass is 9.63. The summed E-state index contributed by atoms with van der Waals surface area (Å²) in [6, 6.07) is 0. The van der Waals surface area contributed by atoms with Gasteiger partial charge in [-0.25, -0.2) is 0 Å². The minimum atomic E-state index is -0.203. The fourth-order valence-electron chi connectivity index (χ4n) is 12.8. The van der Waals surface area contributed by atoms with Gasteiger partial charge < -0.3 is 15.3 Å². The molecule has 0 amide bonds. The Bertz CT molecular complexity index is 915. The molecule has 3 N–H and O–H groups in total. The number of aliphatic hydroxyl groups excluding tert-OH is 3. The number of aliphatic hydroxyl groups is 3. The third-order valence-electron chi connectivity index (χ3n) is 14.0. The van der Waals surface area contributed by atoms with Crippen molar-refractivity contribution in [3.05, 3.63) is 0 Å². The van der Waals surface area contributed by atoms with Crippen LogP contribution in [0.15, 0.2) is 0 Å². The van der Waals surface area contributed by atoms with Crippen molar-refractivity contribution in [2.75, 3.05) is 0 Å². The van der Waals surface area contributed by atoms with Crippen LogP contribution in [0.1, 0.15) is 123 Å². The second kappa shape index (κ2) is 10.5. The Kier molecular flexibility index (Phi) is 8.62. The molecule has 6 aliphatic rings. The zero-order valence-electron chi connectivity index (χ0n) is 28.4. The van der Waals surface area contributed by atoms with Crippen LogP contribution in [0.25, 0.3) is 0 Å². The largest absolute Gasteiger partial charge is 0.393 e. The highest BCUT2D eigenvalue weighted by atomic mass is 16.3. The molecule has 16 unspecified atom stereocenters. The molecule has 4 bridgehead atoms. The maximum absolute atomic E-state index is 10.8. The maximum atomic E-state index is 10.8. The van der Waals surface area contributed by atoms with E-state index >= 15 is 0 Å². The maximum Gasteiger partial charge on any atom is 0.0608 e. The minimum absolute atomic E-state index is 0. The first-order valence-electron chi connectivity index (χ1n) is 17.1. The van der Waals surface area contributed by atoms with Gasteiger partial charge in [-0.2, -0.15) is 0 Å². The molecule has 41 heavy (non-hydrogen) atoms. The van der Waals surface area contributed by atoms with Gasteiger partial charge in [-0.15, -0.1) is 0 Å². The fourth-order valence-corrected chi connectivity index (χ4v) is 12.8. The Morgan fingerprint density at radius 2 is 0.829 bits per heavy atom. The molecule has 3 heteroatoms. The van der Waals surface area contributed by atoms with Crippen molar-refractivity contribution in [2.45, 2.75) is 141 Å². The molecule has 0 heterocycles. The smallest absolute Gasteiger partial charge is 0.0608 e. The Labute approximate surface area is 255 Å². The van der Waals surface area contributed by atoms with Gasteiger partial charge >= 0.3 is 0 Å². The predicted octanol–water partition coefficient (Wildman–Crippen LogP) is 8.55. The number of fused-ring (bicyclic) bond motifs is 10. The van der Waals surface area contributed by atoms with Crippen LogP contribution in [0.3, 0.4) is 0 Å². The normalized spacial score (nSPS) is 50.3. The van der Waals surface area contributed by atoms with E-state index in [-0.39, 0.29) is 42.0 Å². The molecule has 3 nitrogen and oxygen atoms in total. The van der Waals surface area contributed by atoms with Gasteiger partial charge in [0.25, 0.3) is 0 Å². The highest BCUT2D eigenvalue weighted by Gasteiger charge is 2.66. The van der Waals surface area contributed by atoms with Crippen LogP contribution in [0, 0.1) is 98.6 Å². The summed E-state index contributed by atoms with van der Waals surface area (Å²) in [5, 5.41) is 32.4. The van der Waals surface area contributed by atoms with Gasteiger partial charge in [0.05, 0.1) is 18.3 Å². The molecule has 16 atom stereocenters. The third-order valence-corrected chi connectivity index (χ3v) is 14.0. The van der Waals surface area contributed by atoms with E-state index in [1.165, 1.54) is 12.8 Å². The molecule has 0 aliphatic heterocycles. The summed E-state index contributed by atoms with van der Waals surface area (Å²) in [4.78, 5) is 0. The molecule has 0 saturated heterocycles. The second-order valence-electron chi connectivity index (χ2n) is 20.1. The molecular formula is C38H70O3. The lowest BCUT2D eigenvalue weighted by Crippen LogP contribution is -2.45. The van der Waals surface area contributed by atoms with Crippen molar-refractivity contribution in [2.24, 2.45) is 98.6 Å². The van der Waals surface area contributed by atoms with Crippen molar-refractivity contribution >= 4 is 0 Å². The predicted molar refractivity (Wildman–Crippen MR) is 172 cm³/mol. The number of hydrogen-bond donors (Lipinski definition) is 3. The minimum Gasteiger partial charge on any atom is -0.393 e. The summed E-state index contributed by atoms with van der Waals surface area (Å²) in [5.41, 5.74) is 1.02. The second-order valence-corrected chi connectivity index (χ2v) is 20.1. The first-order valence-corrected chi connectivity index (χ1v) is 17.1. The summed E-state index contributed by atoms with van der Waals surface area (Å²) in [5.74, 6) is 8.07. The van der Waals surface area contributed by atoms with E-state index < -0.39 is 0 Å². The van der Waals surface area contributed by atoms with E-state index in [4.69, 9.17) is 0 Å². The molecule has 6 saturated carbocycles. The zero-order chi connectivity index (χ0) is 30.1. The van der Waals surface area contributed by atoms with Crippen LogP contribution >= 0.6 is 0 Å². The van der Waals surface area contributed by atoms with Crippen LogP contribution in [0.4, 0.5) is 0 Å². The average molecular weight is 575 g/mol. The van der Waals surface area contributed by atoms with E-state index in [0.29, 0.717) is 52.8 Å². The Morgan fingerprint density at radius 1 is 0.415 bits per heavy atom. The molecule has 6 fully saturated rings. The summed E-state index contributed by atoms with van der Waals surface area (Å²) in [7, 11) is 0. The Hall–Kier alpha value is -0.120. The molecule has 0 aromatic carbocycles. The molecule has 0 aromatic rings. The molecule has 0 radical (unpaired) electrons. The van der Waals surface area contributed by atoms with E-state index in [2.05, 4.69) is 90.0 Å². The van der Waals surface area contributed by atoms with Gasteiger partial charge in [0.15, 0.2) is 0 Å². The average Bonchev–Trinajstić information content (AvgIpc) is 3.54. The van der Waals surface area contributed by atoms with Crippen molar-refractivity contribution in [1.29, 1.82) is 0 Å². The zero-order valence-corrected chi connectivity index (χ0v) is 28.4. The summed E-state index contributed by atoms with van der Waals surface area (Å²) in [6.45, 7) is 30.3. The van der Waals surface area contributed by atoms with Gasteiger partial charge in [-0.1, -0.05) is 97.4 Å². The monoisotopic (exact) mass is 575 g/mol. The van der Waals surface area contributed by atoms with Gasteiger partial charge in [0.1, 0.15) is 0 Å². The highest BCUT2D eigenvalue weighted by molar-refractivity contribution is 5.15. The van der Waals surface area contributed by atoms with E-state index in [1.54, 1.807) is 0 Å². The lowest BCUT2D eigenvalue weighted by molar-refractivity contribution is -0.0618. The molecule has 240 valence electrons. The Balaban J connectivity index is 0.000000184. The summed E-state index contributed by atoms with van der Waals surface area (Å²) >= 11 is 0. The molecule has 6 aliphatic carbocycles. The topological polar surface area (TPSA) is 60.7 Å². The van der Waals surface area contributed by atoms with Crippen LogP contribution < -0.4 is 0 Å². The van der Waals surface area contributed by atoms with E-state index in [1.807, 2.05) is 0 Å². The number of rotatable bonds is 0.